The van der Waals surface area contributed by atoms with Gasteiger partial charge >= 0.3 is 6.03 Å². The third-order valence-electron chi connectivity index (χ3n) is 4.69. The molecule has 0 unspecified atom stereocenters. The van der Waals surface area contributed by atoms with Gasteiger partial charge in [-0.2, -0.15) is 0 Å². The highest BCUT2D eigenvalue weighted by Crippen LogP contribution is 2.30. The standard InChI is InChI=1S/C19H16ClN3O4/c20-13-4-5-16(24)12(8-13)10-21-11-18(26)23(19(21)27)15-3-1-2-14(9-15)22-7-6-17(22)25/h1-5,8-9,24H,6-7,10-11H2. The fourth-order valence-electron chi connectivity index (χ4n) is 3.20. The average Bonchev–Trinajstić information content (AvgIpc) is 2.90. The molecule has 2 aromatic carbocycles. The Morgan fingerprint density at radius 2 is 1.78 bits per heavy atom. The van der Waals surface area contributed by atoms with Gasteiger partial charge in [-0.1, -0.05) is 17.7 Å². The van der Waals surface area contributed by atoms with Gasteiger partial charge in [0.2, 0.25) is 5.91 Å². The van der Waals surface area contributed by atoms with Gasteiger partial charge in [-0.3, -0.25) is 9.59 Å². The van der Waals surface area contributed by atoms with Crippen molar-refractivity contribution in [3.05, 3.63) is 53.1 Å². The van der Waals surface area contributed by atoms with Crippen molar-refractivity contribution in [3.63, 3.8) is 0 Å². The van der Waals surface area contributed by atoms with Gasteiger partial charge < -0.3 is 14.9 Å². The number of aromatic hydroxyl groups is 1. The van der Waals surface area contributed by atoms with Crippen LogP contribution in [0.15, 0.2) is 42.5 Å². The molecule has 0 saturated carbocycles. The molecule has 0 atom stereocenters. The monoisotopic (exact) mass is 385 g/mol. The number of nitrogens with zero attached hydrogens (tertiary/aromatic N) is 3. The second-order valence-electron chi connectivity index (χ2n) is 6.46. The van der Waals surface area contributed by atoms with E-state index in [1.807, 2.05) is 0 Å². The van der Waals surface area contributed by atoms with Gasteiger partial charge in [-0.15, -0.1) is 0 Å². The first-order valence-electron chi connectivity index (χ1n) is 8.44. The van der Waals surface area contributed by atoms with Crippen molar-refractivity contribution in [2.75, 3.05) is 22.9 Å². The molecule has 4 rings (SSSR count). The summed E-state index contributed by atoms with van der Waals surface area (Å²) in [6, 6.07) is 10.9. The summed E-state index contributed by atoms with van der Waals surface area (Å²) in [5, 5.41) is 10.4. The molecule has 4 amide bonds. The molecule has 0 bridgehead atoms. The van der Waals surface area contributed by atoms with E-state index >= 15 is 0 Å². The predicted molar refractivity (Wildman–Crippen MR) is 99.8 cm³/mol. The van der Waals surface area contributed by atoms with Crippen molar-refractivity contribution in [1.82, 2.24) is 4.90 Å². The van der Waals surface area contributed by atoms with Gasteiger partial charge in [-0.25, -0.2) is 9.69 Å². The minimum absolute atomic E-state index is 0.0105. The normalized spacial score (nSPS) is 16.9. The third-order valence-corrected chi connectivity index (χ3v) is 4.93. The summed E-state index contributed by atoms with van der Waals surface area (Å²) < 4.78 is 0. The van der Waals surface area contributed by atoms with E-state index < -0.39 is 6.03 Å². The van der Waals surface area contributed by atoms with Crippen LogP contribution in [0.5, 0.6) is 5.75 Å². The number of phenolic OH excluding ortho intramolecular Hbond substituents is 1. The van der Waals surface area contributed by atoms with E-state index in [9.17, 15) is 19.5 Å². The molecule has 2 heterocycles. The highest BCUT2D eigenvalue weighted by atomic mass is 35.5. The topological polar surface area (TPSA) is 81.2 Å². The number of urea groups is 1. The maximum absolute atomic E-state index is 12.8. The Morgan fingerprint density at radius 3 is 2.48 bits per heavy atom. The minimum atomic E-state index is -0.480. The molecule has 2 saturated heterocycles. The van der Waals surface area contributed by atoms with Crippen LogP contribution in [0.2, 0.25) is 5.02 Å². The molecule has 2 aliphatic heterocycles. The number of benzene rings is 2. The molecule has 1 N–H and O–H groups in total. The summed E-state index contributed by atoms with van der Waals surface area (Å²) in [5.74, 6) is -0.339. The average molecular weight is 386 g/mol. The van der Waals surface area contributed by atoms with Gasteiger partial charge in [0.1, 0.15) is 12.3 Å². The van der Waals surface area contributed by atoms with Crippen LogP contribution >= 0.6 is 11.6 Å². The zero-order chi connectivity index (χ0) is 19.1. The molecule has 0 aromatic heterocycles. The van der Waals surface area contributed by atoms with Crippen molar-refractivity contribution in [3.8, 4) is 5.75 Å². The Labute approximate surface area is 160 Å². The molecule has 7 nitrogen and oxygen atoms in total. The van der Waals surface area contributed by atoms with E-state index in [1.165, 1.54) is 11.0 Å². The molecular formula is C19H16ClN3O4. The number of hydrogen-bond donors (Lipinski definition) is 1. The highest BCUT2D eigenvalue weighted by Gasteiger charge is 2.38. The quantitative estimate of drug-likeness (QED) is 0.648. The van der Waals surface area contributed by atoms with Crippen LogP contribution < -0.4 is 9.80 Å². The van der Waals surface area contributed by atoms with Gasteiger partial charge in [0.15, 0.2) is 0 Å². The van der Waals surface area contributed by atoms with E-state index in [2.05, 4.69) is 0 Å². The SMILES string of the molecule is O=C1CCN1c1cccc(N2C(=O)CN(Cc3cc(Cl)ccc3O)C2=O)c1. The largest absolute Gasteiger partial charge is 0.508 e. The second kappa shape index (κ2) is 6.59. The van der Waals surface area contributed by atoms with Crippen LogP contribution in [0.3, 0.4) is 0 Å². The lowest BCUT2D eigenvalue weighted by molar-refractivity contribution is -0.122. The first-order valence-corrected chi connectivity index (χ1v) is 8.81. The van der Waals surface area contributed by atoms with E-state index in [4.69, 9.17) is 11.6 Å². The lowest BCUT2D eigenvalue weighted by Crippen LogP contribution is -2.43. The Hall–Kier alpha value is -3.06. The van der Waals surface area contributed by atoms with Gasteiger partial charge in [-0.05, 0) is 36.4 Å². The number of anilines is 2. The van der Waals surface area contributed by atoms with Crippen molar-refractivity contribution in [2.24, 2.45) is 0 Å². The zero-order valence-electron chi connectivity index (χ0n) is 14.3. The van der Waals surface area contributed by atoms with Crippen LogP contribution in [-0.4, -0.2) is 40.9 Å². The number of halogens is 1. The van der Waals surface area contributed by atoms with Gasteiger partial charge in [0.05, 0.1) is 12.2 Å². The Bertz CT molecular complexity index is 962. The molecule has 2 aromatic rings. The van der Waals surface area contributed by atoms with Crippen LogP contribution in [0.25, 0.3) is 0 Å². The van der Waals surface area contributed by atoms with E-state index in [-0.39, 0.29) is 30.7 Å². The molecule has 2 aliphatic rings. The summed E-state index contributed by atoms with van der Waals surface area (Å²) >= 11 is 5.95. The number of hydrogen-bond acceptors (Lipinski definition) is 4. The van der Waals surface area contributed by atoms with Crippen molar-refractivity contribution in [2.45, 2.75) is 13.0 Å². The van der Waals surface area contributed by atoms with Crippen molar-refractivity contribution >= 4 is 40.8 Å². The van der Waals surface area contributed by atoms with Crippen LogP contribution in [0.1, 0.15) is 12.0 Å². The molecule has 0 radical (unpaired) electrons. The fraction of sp³-hybridized carbons (Fsp3) is 0.211. The van der Waals surface area contributed by atoms with Crippen LogP contribution in [0.4, 0.5) is 16.2 Å². The second-order valence-corrected chi connectivity index (χ2v) is 6.89. The summed E-state index contributed by atoms with van der Waals surface area (Å²) in [6.07, 6.45) is 0.503. The number of amides is 4. The summed E-state index contributed by atoms with van der Waals surface area (Å²) in [7, 11) is 0. The van der Waals surface area contributed by atoms with Crippen molar-refractivity contribution < 1.29 is 19.5 Å². The maximum atomic E-state index is 12.8. The lowest BCUT2D eigenvalue weighted by atomic mass is 10.1. The van der Waals surface area contributed by atoms with Gasteiger partial charge in [0, 0.05) is 29.2 Å². The third kappa shape index (κ3) is 3.10. The predicted octanol–water partition coefficient (Wildman–Crippen LogP) is 2.75. The molecule has 2 fully saturated rings. The number of carbonyl (C=O) groups excluding carboxylic acids is 3. The smallest absolute Gasteiger partial charge is 0.332 e. The first kappa shape index (κ1) is 17.4. The molecule has 0 spiro atoms. The minimum Gasteiger partial charge on any atom is -0.508 e. The lowest BCUT2D eigenvalue weighted by Gasteiger charge is -2.31. The van der Waals surface area contributed by atoms with Crippen molar-refractivity contribution in [1.29, 1.82) is 0 Å². The van der Waals surface area contributed by atoms with E-state index in [1.54, 1.807) is 41.3 Å². The van der Waals surface area contributed by atoms with Crippen LogP contribution in [-0.2, 0) is 16.1 Å². The first-order chi connectivity index (χ1) is 12.9. The zero-order valence-corrected chi connectivity index (χ0v) is 15.0. The molecular weight excluding hydrogens is 370 g/mol. The Morgan fingerprint density at radius 1 is 1.00 bits per heavy atom. The Balaban J connectivity index is 1.57. The fourth-order valence-corrected chi connectivity index (χ4v) is 3.40. The Kier molecular flexibility index (Phi) is 4.24. The van der Waals surface area contributed by atoms with E-state index in [0.717, 1.165) is 4.90 Å². The molecule has 0 aliphatic carbocycles. The summed E-state index contributed by atoms with van der Waals surface area (Å²) in [5.41, 5.74) is 1.54. The van der Waals surface area contributed by atoms with E-state index in [0.29, 0.717) is 34.9 Å². The molecule has 27 heavy (non-hydrogen) atoms. The number of phenols is 1. The number of carbonyl (C=O) groups is 3. The number of β-lactam (4-membered cyclic amide) rings is 1. The number of imide groups is 1. The maximum Gasteiger partial charge on any atom is 0.332 e. The summed E-state index contributed by atoms with van der Waals surface area (Å²) in [6.45, 7) is 0.597. The summed E-state index contributed by atoms with van der Waals surface area (Å²) in [4.78, 5) is 40.9. The molecule has 8 heteroatoms. The number of rotatable bonds is 4. The van der Waals surface area contributed by atoms with Gasteiger partial charge in [0.25, 0.3) is 5.91 Å². The highest BCUT2D eigenvalue weighted by molar-refractivity contribution is 6.30. The van der Waals surface area contributed by atoms with Crippen LogP contribution in [0, 0.1) is 0 Å². The molecule has 138 valence electrons.